The first-order valence-corrected chi connectivity index (χ1v) is 9.35. The highest BCUT2D eigenvalue weighted by Gasteiger charge is 2.18. The normalized spacial score (nSPS) is 10.8. The lowest BCUT2D eigenvalue weighted by Crippen LogP contribution is -2.10. The number of nitrogen functional groups attached to an aromatic ring is 1. The van der Waals surface area contributed by atoms with Crippen LogP contribution in [-0.2, 0) is 11.3 Å². The summed E-state index contributed by atoms with van der Waals surface area (Å²) >= 11 is 0. The van der Waals surface area contributed by atoms with E-state index in [0.29, 0.717) is 35.2 Å². The number of aryl methyl sites for hydroxylation is 1. The van der Waals surface area contributed by atoms with Crippen LogP contribution in [0, 0.1) is 21.4 Å². The third-order valence-corrected chi connectivity index (χ3v) is 4.76. The zero-order valence-corrected chi connectivity index (χ0v) is 16.2. The molecule has 0 amide bonds. The minimum Gasteiger partial charge on any atom is -0.462 e. The molecule has 2 aromatic heterocycles. The van der Waals surface area contributed by atoms with Gasteiger partial charge in [0, 0.05) is 18.7 Å². The van der Waals surface area contributed by atoms with E-state index in [2.05, 4.69) is 16.0 Å². The number of nitro groups is 1. The number of nitro benzene ring substituents is 1. The lowest BCUT2D eigenvalue weighted by molar-refractivity contribution is -0.384. The topological polar surface area (TPSA) is 150 Å². The molecule has 0 radical (unpaired) electrons. The van der Waals surface area contributed by atoms with E-state index in [0.717, 1.165) is 0 Å². The van der Waals surface area contributed by atoms with Crippen LogP contribution >= 0.6 is 0 Å². The number of non-ortho nitro benzene ring substituents is 1. The third kappa shape index (κ3) is 3.72. The fourth-order valence-corrected chi connectivity index (χ4v) is 3.27. The van der Waals surface area contributed by atoms with Crippen molar-refractivity contribution in [3.63, 3.8) is 0 Å². The monoisotopic (exact) mass is 416 g/mol. The number of hydrogen-bond acceptors (Lipinski definition) is 8. The van der Waals surface area contributed by atoms with Crippen molar-refractivity contribution in [2.45, 2.75) is 13.0 Å². The lowest BCUT2D eigenvalue weighted by atomic mass is 10.2. The van der Waals surface area contributed by atoms with Gasteiger partial charge in [0.05, 0.1) is 28.1 Å². The van der Waals surface area contributed by atoms with Crippen LogP contribution in [0.2, 0.25) is 0 Å². The Morgan fingerprint density at radius 3 is 2.65 bits per heavy atom. The van der Waals surface area contributed by atoms with Gasteiger partial charge in [-0.2, -0.15) is 5.26 Å². The number of anilines is 1. The minimum absolute atomic E-state index is 0.0591. The van der Waals surface area contributed by atoms with Crippen LogP contribution in [0.25, 0.3) is 22.2 Å². The van der Waals surface area contributed by atoms with Gasteiger partial charge in [-0.1, -0.05) is 18.2 Å². The second kappa shape index (κ2) is 8.08. The molecular weight excluding hydrogens is 400 g/mol. The zero-order chi connectivity index (χ0) is 22.0. The summed E-state index contributed by atoms with van der Waals surface area (Å²) in [6.07, 6.45) is 0.397. The fraction of sp³-hybridized carbons (Fsp3) is 0.143. The highest BCUT2D eigenvalue weighted by molar-refractivity contribution is 5.92. The molecule has 10 nitrogen and oxygen atoms in total. The fourth-order valence-electron chi connectivity index (χ4n) is 3.27. The van der Waals surface area contributed by atoms with E-state index in [9.17, 15) is 20.2 Å². The van der Waals surface area contributed by atoms with Gasteiger partial charge < -0.3 is 15.0 Å². The largest absolute Gasteiger partial charge is 0.462 e. The van der Waals surface area contributed by atoms with E-state index in [4.69, 9.17) is 10.5 Å². The number of nitrogens with zero attached hydrogens (tertiary/aromatic N) is 5. The number of para-hydroxylation sites is 2. The van der Waals surface area contributed by atoms with Crippen LogP contribution in [0.3, 0.4) is 0 Å². The van der Waals surface area contributed by atoms with Gasteiger partial charge in [0.1, 0.15) is 23.0 Å². The molecular formula is C21H16N6O4. The molecule has 10 heteroatoms. The summed E-state index contributed by atoms with van der Waals surface area (Å²) in [6.45, 7) is 0.406. The molecule has 4 rings (SSSR count). The number of rotatable bonds is 6. The number of fused-ring (bicyclic) bond motifs is 2. The zero-order valence-electron chi connectivity index (χ0n) is 16.2. The van der Waals surface area contributed by atoms with Crippen molar-refractivity contribution in [1.82, 2.24) is 14.5 Å². The smallest absolute Gasteiger partial charge is 0.338 e. The molecule has 0 fully saturated rings. The van der Waals surface area contributed by atoms with Crippen LogP contribution < -0.4 is 5.73 Å². The predicted octanol–water partition coefficient (Wildman–Crippen LogP) is 3.19. The first-order chi connectivity index (χ1) is 15.0. The number of carbonyl (C=O) groups is 1. The van der Waals surface area contributed by atoms with Crippen molar-refractivity contribution in [2.75, 3.05) is 12.3 Å². The molecule has 0 unspecified atom stereocenters. The molecule has 2 aromatic carbocycles. The van der Waals surface area contributed by atoms with Gasteiger partial charge in [0.15, 0.2) is 5.65 Å². The Hall–Kier alpha value is -4.52. The predicted molar refractivity (Wildman–Crippen MR) is 112 cm³/mol. The molecule has 31 heavy (non-hydrogen) atoms. The van der Waals surface area contributed by atoms with Crippen LogP contribution in [0.5, 0.6) is 0 Å². The Balaban J connectivity index is 1.50. The molecule has 0 spiro atoms. The summed E-state index contributed by atoms with van der Waals surface area (Å²) in [5.41, 5.74) is 8.57. The van der Waals surface area contributed by atoms with Gasteiger partial charge >= 0.3 is 5.97 Å². The first-order valence-electron chi connectivity index (χ1n) is 9.35. The molecule has 4 aromatic rings. The minimum atomic E-state index is -0.655. The molecule has 0 atom stereocenters. The van der Waals surface area contributed by atoms with E-state index in [-0.39, 0.29) is 29.2 Å². The molecule has 0 aliphatic carbocycles. The van der Waals surface area contributed by atoms with Gasteiger partial charge in [-0.15, -0.1) is 0 Å². The maximum atomic E-state index is 12.2. The number of benzene rings is 2. The second-order valence-electron chi connectivity index (χ2n) is 6.71. The summed E-state index contributed by atoms with van der Waals surface area (Å²) in [5.74, 6) is -0.407. The van der Waals surface area contributed by atoms with Gasteiger partial charge in [-0.25, -0.2) is 14.8 Å². The number of nitriles is 1. The summed E-state index contributed by atoms with van der Waals surface area (Å²) in [5, 5.41) is 20.4. The van der Waals surface area contributed by atoms with E-state index >= 15 is 0 Å². The highest BCUT2D eigenvalue weighted by Crippen LogP contribution is 2.27. The average Bonchev–Trinajstić information content (AvgIpc) is 3.04. The maximum absolute atomic E-state index is 12.2. The van der Waals surface area contributed by atoms with Crippen molar-refractivity contribution in [2.24, 2.45) is 0 Å². The molecule has 0 aliphatic rings. The summed E-state index contributed by atoms with van der Waals surface area (Å²) in [4.78, 5) is 31.6. The molecule has 154 valence electrons. The number of aromatic nitrogens is 3. The third-order valence-electron chi connectivity index (χ3n) is 4.76. The Morgan fingerprint density at radius 2 is 1.94 bits per heavy atom. The van der Waals surface area contributed by atoms with Crippen LogP contribution in [0.4, 0.5) is 11.5 Å². The Morgan fingerprint density at radius 1 is 1.19 bits per heavy atom. The van der Waals surface area contributed by atoms with Crippen molar-refractivity contribution in [3.8, 4) is 6.07 Å². The average molecular weight is 416 g/mol. The van der Waals surface area contributed by atoms with Gasteiger partial charge in [0.2, 0.25) is 0 Å². The van der Waals surface area contributed by atoms with Gasteiger partial charge in [-0.05, 0) is 24.6 Å². The molecule has 2 N–H and O–H groups in total. The SMILES string of the molecule is N#Cc1c(N)n(CCCOC(=O)c2cccc([N+](=O)[O-])c2)c2nc3ccccc3nc12. The standard InChI is InChI=1S/C21H16N6O4/c22-12-15-18-20(25-17-8-2-1-7-16(17)24-18)26(19(15)23)9-4-10-31-21(28)13-5-3-6-14(11-13)27(29)30/h1-3,5-8,11H,4,9-10,23H2. The highest BCUT2D eigenvalue weighted by atomic mass is 16.6. The molecule has 2 heterocycles. The van der Waals surface area contributed by atoms with E-state index in [1.807, 2.05) is 24.3 Å². The summed E-state index contributed by atoms with van der Waals surface area (Å²) in [6, 6.07) is 14.7. The number of ether oxygens (including phenoxy) is 1. The van der Waals surface area contributed by atoms with Crippen LogP contribution in [0.15, 0.2) is 48.5 Å². The van der Waals surface area contributed by atoms with Crippen molar-refractivity contribution < 1.29 is 14.5 Å². The Labute approximate surface area is 175 Å². The summed E-state index contributed by atoms with van der Waals surface area (Å²) in [7, 11) is 0. The van der Waals surface area contributed by atoms with Crippen molar-refractivity contribution in [1.29, 1.82) is 5.26 Å². The van der Waals surface area contributed by atoms with Crippen LogP contribution in [-0.4, -0.2) is 32.0 Å². The maximum Gasteiger partial charge on any atom is 0.338 e. The lowest BCUT2D eigenvalue weighted by Gasteiger charge is -2.08. The molecule has 0 saturated heterocycles. The van der Waals surface area contributed by atoms with Gasteiger partial charge in [0.25, 0.3) is 5.69 Å². The number of hydrogen-bond donors (Lipinski definition) is 1. The number of esters is 1. The summed E-state index contributed by atoms with van der Waals surface area (Å²) < 4.78 is 6.90. The molecule has 0 saturated carbocycles. The van der Waals surface area contributed by atoms with E-state index < -0.39 is 10.9 Å². The second-order valence-corrected chi connectivity index (χ2v) is 6.71. The number of nitrogens with two attached hydrogens (primary N) is 1. The molecule has 0 aliphatic heterocycles. The van der Waals surface area contributed by atoms with E-state index in [1.165, 1.54) is 24.3 Å². The Bertz CT molecular complexity index is 1370. The Kier molecular flexibility index (Phi) is 5.15. The molecule has 0 bridgehead atoms. The van der Waals surface area contributed by atoms with Crippen molar-refractivity contribution >= 4 is 39.7 Å². The number of carbonyl (C=O) groups excluding carboxylic acids is 1. The first kappa shape index (κ1) is 19.8. The van der Waals surface area contributed by atoms with Gasteiger partial charge in [-0.3, -0.25) is 10.1 Å². The van der Waals surface area contributed by atoms with Crippen molar-refractivity contribution in [3.05, 3.63) is 69.8 Å². The quantitative estimate of drug-likeness (QED) is 0.218. The van der Waals surface area contributed by atoms with E-state index in [1.54, 1.807) is 4.57 Å². The van der Waals surface area contributed by atoms with Crippen LogP contribution in [0.1, 0.15) is 22.3 Å².